The van der Waals surface area contributed by atoms with Crippen LogP contribution in [0.4, 0.5) is 0 Å². The van der Waals surface area contributed by atoms with Gasteiger partial charge in [-0.2, -0.15) is 5.26 Å². The second-order valence-corrected chi connectivity index (χ2v) is 2.34. The standard InChI is InChI=1S/C6H11N3/c1-8-6-4-9(5-6)3-2-7/h6,8H,3-5H2,1H3. The molecule has 50 valence electrons. The van der Waals surface area contributed by atoms with E-state index < -0.39 is 0 Å². The Hall–Kier alpha value is -0.590. The third kappa shape index (κ3) is 1.41. The van der Waals surface area contributed by atoms with Crippen LogP contribution in [0.25, 0.3) is 0 Å². The smallest absolute Gasteiger partial charge is 0.0867 e. The number of likely N-dealkylation sites (N-methyl/N-ethyl adjacent to an activating group) is 1. The maximum atomic E-state index is 8.25. The Balaban J connectivity index is 2.06. The number of rotatable bonds is 2. The summed E-state index contributed by atoms with van der Waals surface area (Å²) in [6.45, 7) is 2.65. The summed E-state index contributed by atoms with van der Waals surface area (Å²) in [5.74, 6) is 0. The Kier molecular flexibility index (Phi) is 2.04. The minimum absolute atomic E-state index is 0.582. The molecule has 1 saturated heterocycles. The first-order valence-corrected chi connectivity index (χ1v) is 3.13. The van der Waals surface area contributed by atoms with Gasteiger partial charge in [-0.25, -0.2) is 0 Å². The van der Waals surface area contributed by atoms with Gasteiger partial charge < -0.3 is 5.32 Å². The third-order valence-corrected chi connectivity index (χ3v) is 1.66. The minimum atomic E-state index is 0.582. The molecule has 0 aromatic heterocycles. The highest BCUT2D eigenvalue weighted by Gasteiger charge is 2.23. The molecule has 0 aromatic rings. The van der Waals surface area contributed by atoms with Crippen LogP contribution < -0.4 is 5.32 Å². The maximum absolute atomic E-state index is 8.25. The molecule has 0 amide bonds. The molecule has 1 N–H and O–H groups in total. The van der Waals surface area contributed by atoms with E-state index in [4.69, 9.17) is 5.26 Å². The van der Waals surface area contributed by atoms with E-state index in [0.717, 1.165) is 13.1 Å². The molecule has 0 radical (unpaired) electrons. The molecule has 0 spiro atoms. The lowest BCUT2D eigenvalue weighted by molar-refractivity contribution is 0.151. The molecule has 1 heterocycles. The Morgan fingerprint density at radius 3 is 2.89 bits per heavy atom. The average Bonchev–Trinajstić information content (AvgIpc) is 1.77. The lowest BCUT2D eigenvalue weighted by Gasteiger charge is -2.37. The van der Waals surface area contributed by atoms with E-state index in [2.05, 4.69) is 16.3 Å². The second-order valence-electron chi connectivity index (χ2n) is 2.34. The zero-order valence-electron chi connectivity index (χ0n) is 5.59. The molecule has 1 aliphatic rings. The largest absolute Gasteiger partial charge is 0.315 e. The van der Waals surface area contributed by atoms with Crippen LogP contribution in [0.15, 0.2) is 0 Å². The van der Waals surface area contributed by atoms with Gasteiger partial charge in [0.15, 0.2) is 0 Å². The fraction of sp³-hybridized carbons (Fsp3) is 0.833. The highest BCUT2D eigenvalue weighted by atomic mass is 15.2. The molecule has 0 aliphatic carbocycles. The Bertz CT molecular complexity index is 121. The zero-order chi connectivity index (χ0) is 6.69. The zero-order valence-corrected chi connectivity index (χ0v) is 5.59. The van der Waals surface area contributed by atoms with Crippen molar-refractivity contribution in [3.05, 3.63) is 0 Å². The van der Waals surface area contributed by atoms with E-state index in [-0.39, 0.29) is 0 Å². The van der Waals surface area contributed by atoms with Crippen molar-refractivity contribution < 1.29 is 0 Å². The fourth-order valence-corrected chi connectivity index (χ4v) is 0.982. The normalized spacial score (nSPS) is 20.9. The van der Waals surface area contributed by atoms with Gasteiger partial charge in [0.05, 0.1) is 12.6 Å². The van der Waals surface area contributed by atoms with E-state index in [0.29, 0.717) is 12.6 Å². The number of hydrogen-bond acceptors (Lipinski definition) is 3. The third-order valence-electron chi connectivity index (χ3n) is 1.66. The van der Waals surface area contributed by atoms with Crippen molar-refractivity contribution >= 4 is 0 Å². The molecule has 3 nitrogen and oxygen atoms in total. The van der Waals surface area contributed by atoms with Crippen molar-refractivity contribution in [2.75, 3.05) is 26.7 Å². The lowest BCUT2D eigenvalue weighted by Crippen LogP contribution is -2.56. The first kappa shape index (κ1) is 6.53. The number of likely N-dealkylation sites (tertiary alicyclic amines) is 1. The van der Waals surface area contributed by atoms with E-state index in [1.165, 1.54) is 0 Å². The van der Waals surface area contributed by atoms with Gasteiger partial charge in [-0.1, -0.05) is 0 Å². The predicted octanol–water partition coefficient (Wildman–Crippen LogP) is -0.586. The summed E-state index contributed by atoms with van der Waals surface area (Å²) in [6.07, 6.45) is 0. The fourth-order valence-electron chi connectivity index (χ4n) is 0.982. The monoisotopic (exact) mass is 125 g/mol. The van der Waals surface area contributed by atoms with Crippen LogP contribution in [-0.2, 0) is 0 Å². The van der Waals surface area contributed by atoms with Crippen molar-refractivity contribution in [1.29, 1.82) is 5.26 Å². The van der Waals surface area contributed by atoms with Crippen molar-refractivity contribution in [3.63, 3.8) is 0 Å². The van der Waals surface area contributed by atoms with Gasteiger partial charge in [-0.15, -0.1) is 0 Å². The molecule has 0 atom stereocenters. The average molecular weight is 125 g/mol. The van der Waals surface area contributed by atoms with Gasteiger partial charge in [0.2, 0.25) is 0 Å². The molecule has 0 unspecified atom stereocenters. The minimum Gasteiger partial charge on any atom is -0.315 e. The van der Waals surface area contributed by atoms with Crippen LogP contribution in [0, 0.1) is 11.3 Å². The summed E-state index contributed by atoms with van der Waals surface area (Å²) in [6, 6.07) is 2.74. The van der Waals surface area contributed by atoms with Crippen LogP contribution in [0.1, 0.15) is 0 Å². The van der Waals surface area contributed by atoms with E-state index in [1.54, 1.807) is 0 Å². The molecular formula is C6H11N3. The van der Waals surface area contributed by atoms with Crippen LogP contribution in [0.5, 0.6) is 0 Å². The quantitative estimate of drug-likeness (QED) is 0.501. The van der Waals surface area contributed by atoms with Gasteiger partial charge in [-0.05, 0) is 7.05 Å². The molecule has 0 bridgehead atoms. The highest BCUT2D eigenvalue weighted by Crippen LogP contribution is 2.04. The van der Waals surface area contributed by atoms with Crippen molar-refractivity contribution in [2.45, 2.75) is 6.04 Å². The Morgan fingerprint density at radius 2 is 2.44 bits per heavy atom. The topological polar surface area (TPSA) is 39.1 Å². The molecule has 1 aliphatic heterocycles. The molecule has 1 fully saturated rings. The van der Waals surface area contributed by atoms with E-state index >= 15 is 0 Å². The van der Waals surface area contributed by atoms with Crippen molar-refractivity contribution in [2.24, 2.45) is 0 Å². The SMILES string of the molecule is CNC1CN(CC#N)C1. The Morgan fingerprint density at radius 1 is 1.78 bits per heavy atom. The van der Waals surface area contributed by atoms with Gasteiger partial charge in [0, 0.05) is 19.1 Å². The summed E-state index contributed by atoms with van der Waals surface area (Å²) >= 11 is 0. The first-order chi connectivity index (χ1) is 4.36. The summed E-state index contributed by atoms with van der Waals surface area (Å²) in [4.78, 5) is 2.11. The van der Waals surface area contributed by atoms with Crippen molar-refractivity contribution in [1.82, 2.24) is 10.2 Å². The second kappa shape index (κ2) is 2.81. The number of nitrogens with zero attached hydrogens (tertiary/aromatic N) is 2. The summed E-state index contributed by atoms with van der Waals surface area (Å²) in [5.41, 5.74) is 0. The number of hydrogen-bond donors (Lipinski definition) is 1. The summed E-state index contributed by atoms with van der Waals surface area (Å²) in [7, 11) is 1.95. The number of nitrogens with one attached hydrogen (secondary N) is 1. The van der Waals surface area contributed by atoms with Gasteiger partial charge in [-0.3, -0.25) is 4.90 Å². The Labute approximate surface area is 55.3 Å². The summed E-state index contributed by atoms with van der Waals surface area (Å²) < 4.78 is 0. The van der Waals surface area contributed by atoms with Crippen LogP contribution >= 0.6 is 0 Å². The van der Waals surface area contributed by atoms with Gasteiger partial charge in [0.25, 0.3) is 0 Å². The molecular weight excluding hydrogens is 114 g/mol. The highest BCUT2D eigenvalue weighted by molar-refractivity contribution is 4.89. The lowest BCUT2D eigenvalue weighted by atomic mass is 10.1. The molecule has 0 aromatic carbocycles. The van der Waals surface area contributed by atoms with Gasteiger partial charge >= 0.3 is 0 Å². The summed E-state index contributed by atoms with van der Waals surface area (Å²) in [5, 5.41) is 11.4. The molecule has 3 heteroatoms. The van der Waals surface area contributed by atoms with Crippen molar-refractivity contribution in [3.8, 4) is 6.07 Å². The van der Waals surface area contributed by atoms with Crippen LogP contribution in [0.3, 0.4) is 0 Å². The molecule has 0 saturated carbocycles. The molecule has 1 rings (SSSR count). The number of nitriles is 1. The predicted molar refractivity (Wildman–Crippen MR) is 34.9 cm³/mol. The van der Waals surface area contributed by atoms with Gasteiger partial charge in [0.1, 0.15) is 0 Å². The molecule has 9 heavy (non-hydrogen) atoms. The first-order valence-electron chi connectivity index (χ1n) is 3.13. The van der Waals surface area contributed by atoms with Crippen LogP contribution in [0.2, 0.25) is 0 Å². The van der Waals surface area contributed by atoms with Crippen LogP contribution in [-0.4, -0.2) is 37.6 Å². The van der Waals surface area contributed by atoms with E-state index in [1.807, 2.05) is 7.05 Å². The van der Waals surface area contributed by atoms with E-state index in [9.17, 15) is 0 Å². The maximum Gasteiger partial charge on any atom is 0.0867 e.